The lowest BCUT2D eigenvalue weighted by Crippen LogP contribution is -2.31. The zero-order valence-electron chi connectivity index (χ0n) is 19.1. The number of benzene rings is 2. The zero-order chi connectivity index (χ0) is 25.8. The van der Waals surface area contributed by atoms with E-state index >= 15 is 0 Å². The maximum absolute atomic E-state index is 12.6. The molecule has 0 saturated carbocycles. The van der Waals surface area contributed by atoms with Crippen molar-refractivity contribution >= 4 is 61.6 Å². The van der Waals surface area contributed by atoms with E-state index in [0.717, 1.165) is 5.56 Å². The normalized spacial score (nSPS) is 12.4. The summed E-state index contributed by atoms with van der Waals surface area (Å²) in [5.41, 5.74) is 1.47. The van der Waals surface area contributed by atoms with Gasteiger partial charge in [-0.25, -0.2) is 18.2 Å². The summed E-state index contributed by atoms with van der Waals surface area (Å²) in [7, 11) is -3.64. The first-order chi connectivity index (χ1) is 16.6. The molecule has 1 amide bonds. The van der Waals surface area contributed by atoms with Crippen LogP contribution in [0, 0.1) is 0 Å². The van der Waals surface area contributed by atoms with Gasteiger partial charge in [0, 0.05) is 24.0 Å². The highest BCUT2D eigenvalue weighted by Gasteiger charge is 2.23. The van der Waals surface area contributed by atoms with Crippen molar-refractivity contribution < 1.29 is 22.7 Å². The molecular weight excluding hydrogens is 533 g/mol. The van der Waals surface area contributed by atoms with Gasteiger partial charge in [-0.05, 0) is 43.3 Å². The highest BCUT2D eigenvalue weighted by atomic mass is 35.5. The van der Waals surface area contributed by atoms with Crippen molar-refractivity contribution in [3.05, 3.63) is 63.5 Å². The van der Waals surface area contributed by atoms with E-state index in [9.17, 15) is 18.0 Å². The van der Waals surface area contributed by atoms with E-state index < -0.39 is 28.0 Å². The van der Waals surface area contributed by atoms with Crippen LogP contribution in [-0.2, 0) is 19.6 Å². The first-order valence-electron chi connectivity index (χ1n) is 10.6. The van der Waals surface area contributed by atoms with Crippen LogP contribution in [0.3, 0.4) is 0 Å². The number of hydrogen-bond acceptors (Lipinski definition) is 7. The molecular formula is C23H23Cl2N3O5S2. The Labute approximate surface area is 217 Å². The molecule has 3 rings (SSSR count). The number of amides is 1. The molecule has 12 heteroatoms. The fourth-order valence-electron chi connectivity index (χ4n) is 3.08. The maximum atomic E-state index is 12.6. The number of hydrogen-bond donors (Lipinski definition) is 1. The number of rotatable bonds is 9. The third kappa shape index (κ3) is 6.39. The van der Waals surface area contributed by atoms with Gasteiger partial charge in [-0.15, -0.1) is 11.3 Å². The van der Waals surface area contributed by atoms with Crippen molar-refractivity contribution in [2.24, 2.45) is 0 Å². The van der Waals surface area contributed by atoms with E-state index in [1.807, 2.05) is 0 Å². The highest BCUT2D eigenvalue weighted by molar-refractivity contribution is 7.89. The number of aromatic nitrogens is 1. The molecule has 2 aromatic carbocycles. The van der Waals surface area contributed by atoms with Gasteiger partial charge in [0.2, 0.25) is 10.0 Å². The van der Waals surface area contributed by atoms with Crippen LogP contribution in [-0.4, -0.2) is 48.8 Å². The average molecular weight is 556 g/mol. The summed E-state index contributed by atoms with van der Waals surface area (Å²) in [5.74, 6) is -1.32. The van der Waals surface area contributed by atoms with E-state index in [1.165, 1.54) is 46.8 Å². The van der Waals surface area contributed by atoms with Gasteiger partial charge in [0.1, 0.15) is 0 Å². The van der Waals surface area contributed by atoms with Crippen LogP contribution in [0.4, 0.5) is 5.13 Å². The summed E-state index contributed by atoms with van der Waals surface area (Å²) < 4.78 is 31.7. The minimum absolute atomic E-state index is 0.0742. The summed E-state index contributed by atoms with van der Waals surface area (Å²) in [6.07, 6.45) is -1.11. The van der Waals surface area contributed by atoms with Crippen molar-refractivity contribution in [1.29, 1.82) is 0 Å². The van der Waals surface area contributed by atoms with Crippen molar-refractivity contribution in [1.82, 2.24) is 9.29 Å². The van der Waals surface area contributed by atoms with Crippen LogP contribution >= 0.6 is 34.5 Å². The maximum Gasteiger partial charge on any atom is 0.338 e. The fourth-order valence-corrected chi connectivity index (χ4v) is 5.56. The van der Waals surface area contributed by atoms with Crippen molar-refractivity contribution in [3.8, 4) is 11.3 Å². The van der Waals surface area contributed by atoms with Gasteiger partial charge in [0.05, 0.1) is 26.2 Å². The number of carbonyl (C=O) groups is 2. The second-order valence-electron chi connectivity index (χ2n) is 7.32. The Morgan fingerprint density at radius 3 is 2.34 bits per heavy atom. The van der Waals surface area contributed by atoms with Crippen LogP contribution in [0.2, 0.25) is 10.0 Å². The summed E-state index contributed by atoms with van der Waals surface area (Å²) in [5, 5.41) is 5.51. The van der Waals surface area contributed by atoms with E-state index in [4.69, 9.17) is 27.9 Å². The Morgan fingerprint density at radius 2 is 1.74 bits per heavy atom. The van der Waals surface area contributed by atoms with E-state index in [-0.39, 0.29) is 10.5 Å². The quantitative estimate of drug-likeness (QED) is 0.357. The molecule has 186 valence electrons. The molecule has 0 unspecified atom stereocenters. The lowest BCUT2D eigenvalue weighted by molar-refractivity contribution is -0.123. The zero-order valence-corrected chi connectivity index (χ0v) is 22.3. The summed E-state index contributed by atoms with van der Waals surface area (Å²) in [6, 6.07) is 10.5. The Morgan fingerprint density at radius 1 is 1.09 bits per heavy atom. The minimum Gasteiger partial charge on any atom is -0.449 e. The van der Waals surface area contributed by atoms with Crippen LogP contribution < -0.4 is 5.32 Å². The largest absolute Gasteiger partial charge is 0.449 e. The predicted molar refractivity (Wildman–Crippen MR) is 138 cm³/mol. The Bertz CT molecular complexity index is 1320. The fraction of sp³-hybridized carbons (Fsp3) is 0.261. The number of sulfonamides is 1. The first-order valence-corrected chi connectivity index (χ1v) is 13.7. The molecule has 0 saturated heterocycles. The molecule has 0 bridgehead atoms. The van der Waals surface area contributed by atoms with Gasteiger partial charge in [-0.1, -0.05) is 43.1 Å². The SMILES string of the molecule is CCN(CC)S(=O)(=O)c1ccc(C(=O)O[C@@H](C)C(=O)Nc2nc(-c3ccc(Cl)c(Cl)c3)cs2)cc1. The number of nitrogens with one attached hydrogen (secondary N) is 1. The third-order valence-electron chi connectivity index (χ3n) is 5.04. The number of esters is 1. The van der Waals surface area contributed by atoms with Gasteiger partial charge in [0.15, 0.2) is 11.2 Å². The van der Waals surface area contributed by atoms with E-state index in [2.05, 4.69) is 10.3 Å². The van der Waals surface area contributed by atoms with Gasteiger partial charge in [0.25, 0.3) is 5.91 Å². The molecule has 1 atom stereocenters. The Kier molecular flexibility index (Phi) is 8.89. The lowest BCUT2D eigenvalue weighted by atomic mass is 10.2. The standard InChI is InChI=1S/C23H23Cl2N3O5S2/c1-4-28(5-2)35(31,32)17-9-6-15(7-10-17)22(30)33-14(3)21(29)27-23-26-20(13-34-23)16-8-11-18(24)19(25)12-16/h6-14H,4-5H2,1-3H3,(H,26,27,29)/t14-/m0/s1. The second kappa shape index (κ2) is 11.5. The number of halogens is 2. The molecule has 0 aliphatic heterocycles. The number of thiazole rings is 1. The smallest absolute Gasteiger partial charge is 0.338 e. The molecule has 35 heavy (non-hydrogen) atoms. The van der Waals surface area contributed by atoms with E-state index in [1.54, 1.807) is 37.4 Å². The van der Waals surface area contributed by atoms with Gasteiger partial charge >= 0.3 is 5.97 Å². The first kappa shape index (κ1) is 27.1. The molecule has 1 aromatic heterocycles. The van der Waals surface area contributed by atoms with Crippen LogP contribution in [0.15, 0.2) is 52.7 Å². The topological polar surface area (TPSA) is 106 Å². The molecule has 0 fully saturated rings. The minimum atomic E-state index is -3.64. The molecule has 0 aliphatic carbocycles. The molecule has 0 radical (unpaired) electrons. The van der Waals surface area contributed by atoms with Gasteiger partial charge in [-0.3, -0.25) is 10.1 Å². The van der Waals surface area contributed by atoms with Crippen LogP contribution in [0.1, 0.15) is 31.1 Å². The average Bonchev–Trinajstić information content (AvgIpc) is 3.29. The summed E-state index contributed by atoms with van der Waals surface area (Å²) in [4.78, 5) is 29.4. The number of carbonyl (C=O) groups excluding carboxylic acids is 2. The lowest BCUT2D eigenvalue weighted by Gasteiger charge is -2.18. The van der Waals surface area contributed by atoms with E-state index in [0.29, 0.717) is 34.0 Å². The predicted octanol–water partition coefficient (Wildman–Crippen LogP) is 5.33. The van der Waals surface area contributed by atoms with Crippen molar-refractivity contribution in [3.63, 3.8) is 0 Å². The number of nitrogens with zero attached hydrogens (tertiary/aromatic N) is 2. The molecule has 8 nitrogen and oxygen atoms in total. The van der Waals surface area contributed by atoms with Crippen molar-refractivity contribution in [2.45, 2.75) is 31.8 Å². The Hall–Kier alpha value is -2.50. The second-order valence-corrected chi connectivity index (χ2v) is 10.9. The highest BCUT2D eigenvalue weighted by Crippen LogP contribution is 2.30. The molecule has 1 N–H and O–H groups in total. The monoisotopic (exact) mass is 555 g/mol. The van der Waals surface area contributed by atoms with Gasteiger partial charge in [-0.2, -0.15) is 4.31 Å². The number of ether oxygens (including phenoxy) is 1. The van der Waals surface area contributed by atoms with Crippen LogP contribution in [0.5, 0.6) is 0 Å². The molecule has 0 aliphatic rings. The summed E-state index contributed by atoms with van der Waals surface area (Å²) >= 11 is 13.2. The number of anilines is 1. The molecule has 1 heterocycles. The van der Waals surface area contributed by atoms with Crippen molar-refractivity contribution in [2.75, 3.05) is 18.4 Å². The third-order valence-corrected chi connectivity index (χ3v) is 8.60. The Balaban J connectivity index is 1.62. The summed E-state index contributed by atoms with van der Waals surface area (Å²) in [6.45, 7) is 5.60. The molecule has 0 spiro atoms. The van der Waals surface area contributed by atoms with Crippen LogP contribution in [0.25, 0.3) is 11.3 Å². The molecule has 3 aromatic rings. The van der Waals surface area contributed by atoms with Gasteiger partial charge < -0.3 is 4.74 Å².